The van der Waals surface area contributed by atoms with Crippen molar-refractivity contribution in [3.05, 3.63) is 11.3 Å². The number of ether oxygens (including phenoxy) is 1. The van der Waals surface area contributed by atoms with Crippen LogP contribution in [0.25, 0.3) is 0 Å². The van der Waals surface area contributed by atoms with Crippen LogP contribution in [0.3, 0.4) is 0 Å². The van der Waals surface area contributed by atoms with Gasteiger partial charge in [-0.1, -0.05) is 0 Å². The van der Waals surface area contributed by atoms with Gasteiger partial charge in [0.25, 0.3) is 0 Å². The lowest BCUT2D eigenvalue weighted by Gasteiger charge is -2.21. The first-order chi connectivity index (χ1) is 9.65. The molecule has 0 unspecified atom stereocenters. The number of hydrogen-bond donors (Lipinski definition) is 2. The molecule has 6 heteroatoms. The fourth-order valence-corrected chi connectivity index (χ4v) is 2.67. The maximum Gasteiger partial charge on any atom is 0.227 e. The third kappa shape index (κ3) is 2.58. The van der Waals surface area contributed by atoms with Crippen LogP contribution in [0.2, 0.25) is 0 Å². The van der Waals surface area contributed by atoms with Crippen LogP contribution in [0.15, 0.2) is 0 Å². The van der Waals surface area contributed by atoms with Crippen LogP contribution in [0.1, 0.15) is 24.1 Å². The van der Waals surface area contributed by atoms with Gasteiger partial charge in [-0.15, -0.1) is 0 Å². The minimum absolute atomic E-state index is 0.0885. The summed E-state index contributed by atoms with van der Waals surface area (Å²) in [5.74, 6) is 1.61. The largest absolute Gasteiger partial charge is 0.388 e. The third-order valence-electron chi connectivity index (χ3n) is 4.14. The van der Waals surface area contributed by atoms with Crippen LogP contribution >= 0.6 is 0 Å². The fourth-order valence-electron chi connectivity index (χ4n) is 2.67. The Hall–Kier alpha value is -1.40. The van der Waals surface area contributed by atoms with Gasteiger partial charge in [0, 0.05) is 24.3 Å². The van der Waals surface area contributed by atoms with E-state index in [0.29, 0.717) is 13.2 Å². The zero-order valence-corrected chi connectivity index (χ0v) is 12.1. The van der Waals surface area contributed by atoms with Gasteiger partial charge < -0.3 is 20.1 Å². The molecule has 2 saturated heterocycles. The zero-order chi connectivity index (χ0) is 14.1. The Kier molecular flexibility index (Phi) is 3.76. The first kappa shape index (κ1) is 13.6. The molecule has 2 fully saturated rings. The summed E-state index contributed by atoms with van der Waals surface area (Å²) < 4.78 is 5.28. The molecule has 0 aliphatic carbocycles. The van der Waals surface area contributed by atoms with Crippen molar-refractivity contribution in [2.75, 3.05) is 36.5 Å². The number of nitrogens with one attached hydrogen (secondary N) is 1. The maximum atomic E-state index is 9.85. The predicted molar refractivity (Wildman–Crippen MR) is 77.2 cm³/mol. The number of aromatic nitrogens is 2. The Labute approximate surface area is 119 Å². The van der Waals surface area contributed by atoms with Gasteiger partial charge in [0.2, 0.25) is 5.95 Å². The van der Waals surface area contributed by atoms with Crippen molar-refractivity contribution in [1.29, 1.82) is 0 Å². The number of hydrogen-bond acceptors (Lipinski definition) is 6. The van der Waals surface area contributed by atoms with E-state index in [2.05, 4.69) is 20.2 Å². The molecule has 0 amide bonds. The zero-order valence-electron chi connectivity index (χ0n) is 12.1. The van der Waals surface area contributed by atoms with Gasteiger partial charge in [0.1, 0.15) is 5.82 Å². The van der Waals surface area contributed by atoms with E-state index in [1.54, 1.807) is 0 Å². The highest BCUT2D eigenvalue weighted by molar-refractivity contribution is 5.51. The molecule has 110 valence electrons. The SMILES string of the molecule is Cc1nc(N2CCCC2)nc(N[C@H]2COC[C@@H]2O)c1C. The monoisotopic (exact) mass is 278 g/mol. The second-order valence-corrected chi connectivity index (χ2v) is 5.63. The average molecular weight is 278 g/mol. The second kappa shape index (κ2) is 5.54. The van der Waals surface area contributed by atoms with E-state index >= 15 is 0 Å². The summed E-state index contributed by atoms with van der Waals surface area (Å²) in [6, 6.07) is -0.0885. The molecule has 0 spiro atoms. The summed E-state index contributed by atoms with van der Waals surface area (Å²) in [5.41, 5.74) is 2.02. The lowest BCUT2D eigenvalue weighted by atomic mass is 10.2. The van der Waals surface area contributed by atoms with E-state index in [9.17, 15) is 5.11 Å². The highest BCUT2D eigenvalue weighted by atomic mass is 16.5. The number of aliphatic hydroxyl groups excluding tert-OH is 1. The average Bonchev–Trinajstić information content (AvgIpc) is 3.07. The van der Waals surface area contributed by atoms with Gasteiger partial charge >= 0.3 is 0 Å². The Morgan fingerprint density at radius 3 is 2.60 bits per heavy atom. The first-order valence-electron chi connectivity index (χ1n) is 7.27. The topological polar surface area (TPSA) is 70.5 Å². The van der Waals surface area contributed by atoms with Gasteiger partial charge in [0.15, 0.2) is 0 Å². The van der Waals surface area contributed by atoms with Gasteiger partial charge in [-0.25, -0.2) is 4.98 Å². The molecule has 2 aliphatic rings. The molecule has 0 saturated carbocycles. The third-order valence-corrected chi connectivity index (χ3v) is 4.14. The van der Waals surface area contributed by atoms with E-state index in [1.807, 2.05) is 13.8 Å². The van der Waals surface area contributed by atoms with Gasteiger partial charge in [-0.3, -0.25) is 0 Å². The van der Waals surface area contributed by atoms with Crippen molar-refractivity contribution in [3.8, 4) is 0 Å². The molecule has 3 rings (SSSR count). The molecule has 2 atom stereocenters. The molecule has 0 aromatic carbocycles. The van der Waals surface area contributed by atoms with Crippen molar-refractivity contribution in [3.63, 3.8) is 0 Å². The maximum absolute atomic E-state index is 9.85. The van der Waals surface area contributed by atoms with Crippen molar-refractivity contribution in [1.82, 2.24) is 9.97 Å². The fraction of sp³-hybridized carbons (Fsp3) is 0.714. The smallest absolute Gasteiger partial charge is 0.227 e. The molecule has 2 N–H and O–H groups in total. The van der Waals surface area contributed by atoms with Crippen LogP contribution in [0, 0.1) is 13.8 Å². The number of nitrogens with zero attached hydrogens (tertiary/aromatic N) is 3. The number of aliphatic hydroxyl groups is 1. The number of anilines is 2. The van der Waals surface area contributed by atoms with E-state index in [-0.39, 0.29) is 6.04 Å². The van der Waals surface area contributed by atoms with Crippen LogP contribution in [0.5, 0.6) is 0 Å². The Balaban J connectivity index is 1.84. The van der Waals surface area contributed by atoms with E-state index in [4.69, 9.17) is 4.74 Å². The molecule has 6 nitrogen and oxygen atoms in total. The minimum atomic E-state index is -0.472. The molecule has 20 heavy (non-hydrogen) atoms. The van der Waals surface area contributed by atoms with Crippen molar-refractivity contribution >= 4 is 11.8 Å². The van der Waals surface area contributed by atoms with Crippen molar-refractivity contribution in [2.45, 2.75) is 38.8 Å². The van der Waals surface area contributed by atoms with E-state index < -0.39 is 6.10 Å². The molecule has 0 bridgehead atoms. The molecular weight excluding hydrogens is 256 g/mol. The Morgan fingerprint density at radius 1 is 1.20 bits per heavy atom. The standard InChI is InChI=1S/C14H22N4O2/c1-9-10(2)15-14(18-5-3-4-6-18)17-13(9)16-11-7-20-8-12(11)19/h11-12,19H,3-8H2,1-2H3,(H,15,16,17)/t11-,12-/m0/s1. The Morgan fingerprint density at radius 2 is 1.95 bits per heavy atom. The molecule has 3 heterocycles. The lowest BCUT2D eigenvalue weighted by molar-refractivity contribution is 0.125. The number of rotatable bonds is 3. The van der Waals surface area contributed by atoms with Crippen molar-refractivity contribution in [2.24, 2.45) is 0 Å². The predicted octanol–water partition coefficient (Wildman–Crippen LogP) is 0.865. The quantitative estimate of drug-likeness (QED) is 0.855. The van der Waals surface area contributed by atoms with Crippen LogP contribution in [0.4, 0.5) is 11.8 Å². The molecule has 1 aromatic rings. The van der Waals surface area contributed by atoms with Crippen LogP contribution in [-0.4, -0.2) is 53.5 Å². The van der Waals surface area contributed by atoms with E-state index in [1.165, 1.54) is 12.8 Å². The van der Waals surface area contributed by atoms with Gasteiger partial charge in [-0.2, -0.15) is 4.98 Å². The Bertz CT molecular complexity index is 488. The molecule has 0 radical (unpaired) electrons. The summed E-state index contributed by atoms with van der Waals surface area (Å²) in [4.78, 5) is 11.5. The summed E-state index contributed by atoms with van der Waals surface area (Å²) in [5, 5.41) is 13.2. The highest BCUT2D eigenvalue weighted by Gasteiger charge is 2.27. The molecular formula is C14H22N4O2. The van der Waals surface area contributed by atoms with Crippen molar-refractivity contribution < 1.29 is 9.84 Å². The summed E-state index contributed by atoms with van der Waals surface area (Å²) in [6.07, 6.45) is 1.93. The van der Waals surface area contributed by atoms with E-state index in [0.717, 1.165) is 36.1 Å². The lowest BCUT2D eigenvalue weighted by Crippen LogP contribution is -2.33. The normalized spacial score (nSPS) is 26.2. The number of aryl methyl sites for hydroxylation is 1. The summed E-state index contributed by atoms with van der Waals surface area (Å²) >= 11 is 0. The summed E-state index contributed by atoms with van der Waals surface area (Å²) in [6.45, 7) is 6.97. The molecule has 2 aliphatic heterocycles. The van der Waals surface area contributed by atoms with Crippen LogP contribution < -0.4 is 10.2 Å². The first-order valence-corrected chi connectivity index (χ1v) is 7.27. The molecule has 1 aromatic heterocycles. The second-order valence-electron chi connectivity index (χ2n) is 5.63. The highest BCUT2D eigenvalue weighted by Crippen LogP contribution is 2.23. The minimum Gasteiger partial charge on any atom is -0.388 e. The van der Waals surface area contributed by atoms with Gasteiger partial charge in [-0.05, 0) is 26.7 Å². The van der Waals surface area contributed by atoms with Gasteiger partial charge in [0.05, 0.1) is 25.4 Å². The summed E-state index contributed by atoms with van der Waals surface area (Å²) in [7, 11) is 0. The van der Waals surface area contributed by atoms with Crippen LogP contribution in [-0.2, 0) is 4.74 Å².